The fourth-order valence-corrected chi connectivity index (χ4v) is 3.26. The molecule has 0 aliphatic heterocycles. The largest absolute Gasteiger partial charge is 0.293 e. The summed E-state index contributed by atoms with van der Waals surface area (Å²) in [6, 6.07) is 14.1. The van der Waals surface area contributed by atoms with Crippen molar-refractivity contribution in [2.75, 3.05) is 0 Å². The normalized spacial score (nSPS) is 17.1. The lowest BCUT2D eigenvalue weighted by atomic mass is 9.73. The van der Waals surface area contributed by atoms with Gasteiger partial charge in [-0.1, -0.05) is 43.2 Å². The van der Waals surface area contributed by atoms with Crippen molar-refractivity contribution in [3.8, 4) is 0 Å². The van der Waals surface area contributed by atoms with E-state index in [0.717, 1.165) is 42.5 Å². The highest BCUT2D eigenvalue weighted by molar-refractivity contribution is 6.04. The number of benzene rings is 1. The smallest absolute Gasteiger partial charge is 0.174 e. The van der Waals surface area contributed by atoms with Crippen molar-refractivity contribution in [2.24, 2.45) is 0 Å². The van der Waals surface area contributed by atoms with E-state index in [0.29, 0.717) is 0 Å². The summed E-state index contributed by atoms with van der Waals surface area (Å²) < 4.78 is 0. The highest BCUT2D eigenvalue weighted by Crippen LogP contribution is 2.43. The number of rotatable bonds is 3. The number of hydrogen-bond donors (Lipinski definition) is 0. The maximum atomic E-state index is 13.0. The second-order valence-corrected chi connectivity index (χ2v) is 5.67. The van der Waals surface area contributed by atoms with Gasteiger partial charge in [-0.2, -0.15) is 0 Å². The molecule has 1 aromatic carbocycles. The lowest BCUT2D eigenvalue weighted by Gasteiger charge is -2.28. The topological polar surface area (TPSA) is 30.0 Å². The molecule has 0 unspecified atom stereocenters. The van der Waals surface area contributed by atoms with Crippen LogP contribution in [0.4, 0.5) is 0 Å². The van der Waals surface area contributed by atoms with E-state index in [9.17, 15) is 4.79 Å². The minimum atomic E-state index is -0.335. The highest BCUT2D eigenvalue weighted by Gasteiger charge is 2.42. The Bertz CT molecular complexity index is 595. The highest BCUT2D eigenvalue weighted by atomic mass is 16.1. The molecule has 1 fully saturated rings. The van der Waals surface area contributed by atoms with E-state index < -0.39 is 0 Å². The fourth-order valence-electron chi connectivity index (χ4n) is 3.26. The summed E-state index contributed by atoms with van der Waals surface area (Å²) in [4.78, 5) is 17.3. The number of hydrogen-bond acceptors (Lipinski definition) is 2. The van der Waals surface area contributed by atoms with Crippen LogP contribution in [-0.2, 0) is 5.41 Å². The van der Waals surface area contributed by atoms with E-state index in [-0.39, 0.29) is 11.2 Å². The Morgan fingerprint density at radius 1 is 1.05 bits per heavy atom. The van der Waals surface area contributed by atoms with Crippen LogP contribution < -0.4 is 0 Å². The minimum absolute atomic E-state index is 0.230. The number of ketones is 1. The molecule has 1 aromatic heterocycles. The first kappa shape index (κ1) is 13.0. The molecule has 3 rings (SSSR count). The zero-order valence-corrected chi connectivity index (χ0v) is 11.8. The van der Waals surface area contributed by atoms with Gasteiger partial charge in [0.15, 0.2) is 5.78 Å². The molecule has 0 bridgehead atoms. The predicted octanol–water partition coefficient (Wildman–Crippen LogP) is 4.08. The number of pyridine rings is 1. The number of Topliss-reactive ketones (excluding diaryl/α,β-unsaturated/α-hetero) is 1. The van der Waals surface area contributed by atoms with E-state index in [1.54, 1.807) is 6.20 Å². The van der Waals surface area contributed by atoms with Crippen LogP contribution in [0, 0.1) is 6.92 Å². The van der Waals surface area contributed by atoms with E-state index in [4.69, 9.17) is 0 Å². The van der Waals surface area contributed by atoms with Gasteiger partial charge in [0.2, 0.25) is 0 Å². The first-order chi connectivity index (χ1) is 9.72. The standard InChI is InChI=1S/C18H19NO/c1-14-9-10-15(13-19-14)17(20)18(11-5-6-12-18)16-7-3-2-4-8-16/h2-4,7-10,13H,5-6,11-12H2,1H3. The molecule has 1 aliphatic rings. The van der Waals surface area contributed by atoms with E-state index in [2.05, 4.69) is 17.1 Å². The third-order valence-corrected chi connectivity index (χ3v) is 4.39. The average molecular weight is 265 g/mol. The molecule has 2 heteroatoms. The SMILES string of the molecule is Cc1ccc(C(=O)C2(c3ccccc3)CCCC2)cn1. The Kier molecular flexibility index (Phi) is 3.39. The van der Waals surface area contributed by atoms with Gasteiger partial charge in [0, 0.05) is 17.5 Å². The average Bonchev–Trinajstić information content (AvgIpc) is 2.99. The quantitative estimate of drug-likeness (QED) is 0.782. The molecule has 1 aliphatic carbocycles. The van der Waals surface area contributed by atoms with Gasteiger partial charge in [0.25, 0.3) is 0 Å². The molecule has 0 amide bonds. The Morgan fingerprint density at radius 2 is 1.75 bits per heavy atom. The summed E-state index contributed by atoms with van der Waals surface area (Å²) in [5, 5.41) is 0. The van der Waals surface area contributed by atoms with Gasteiger partial charge in [-0.05, 0) is 37.5 Å². The summed E-state index contributed by atoms with van der Waals surface area (Å²) in [6.45, 7) is 1.94. The van der Waals surface area contributed by atoms with Crippen molar-refractivity contribution >= 4 is 5.78 Å². The van der Waals surface area contributed by atoms with Crippen LogP contribution in [0.2, 0.25) is 0 Å². The monoisotopic (exact) mass is 265 g/mol. The van der Waals surface area contributed by atoms with Gasteiger partial charge < -0.3 is 0 Å². The van der Waals surface area contributed by atoms with Gasteiger partial charge in [-0.3, -0.25) is 9.78 Å². The molecule has 1 saturated carbocycles. The molecule has 0 saturated heterocycles. The minimum Gasteiger partial charge on any atom is -0.293 e. The first-order valence-electron chi connectivity index (χ1n) is 7.25. The molecular formula is C18H19NO. The van der Waals surface area contributed by atoms with Crippen molar-refractivity contribution in [2.45, 2.75) is 38.0 Å². The van der Waals surface area contributed by atoms with Crippen LogP contribution in [0.5, 0.6) is 0 Å². The van der Waals surface area contributed by atoms with Gasteiger partial charge >= 0.3 is 0 Å². The number of nitrogens with zero attached hydrogens (tertiary/aromatic N) is 1. The maximum absolute atomic E-state index is 13.0. The van der Waals surface area contributed by atoms with Crippen LogP contribution in [-0.4, -0.2) is 10.8 Å². The third kappa shape index (κ3) is 2.15. The zero-order valence-electron chi connectivity index (χ0n) is 11.8. The first-order valence-corrected chi connectivity index (χ1v) is 7.25. The maximum Gasteiger partial charge on any atom is 0.174 e. The number of carbonyl (C=O) groups is 1. The van der Waals surface area contributed by atoms with Crippen molar-refractivity contribution in [1.82, 2.24) is 4.98 Å². The van der Waals surface area contributed by atoms with E-state index in [1.165, 1.54) is 0 Å². The Balaban J connectivity index is 2.03. The molecule has 0 N–H and O–H groups in total. The van der Waals surface area contributed by atoms with E-state index >= 15 is 0 Å². The lowest BCUT2D eigenvalue weighted by molar-refractivity contribution is 0.0885. The summed E-state index contributed by atoms with van der Waals surface area (Å²) in [5.74, 6) is 0.230. The summed E-state index contributed by atoms with van der Waals surface area (Å²) in [6.07, 6.45) is 5.87. The van der Waals surface area contributed by atoms with Gasteiger partial charge in [-0.15, -0.1) is 0 Å². The van der Waals surface area contributed by atoms with Crippen LogP contribution in [0.25, 0.3) is 0 Å². The second kappa shape index (κ2) is 5.20. The summed E-state index contributed by atoms with van der Waals surface area (Å²) in [7, 11) is 0. The van der Waals surface area contributed by atoms with Crippen LogP contribution in [0.3, 0.4) is 0 Å². The molecule has 2 nitrogen and oxygen atoms in total. The Morgan fingerprint density at radius 3 is 2.35 bits per heavy atom. The summed E-state index contributed by atoms with van der Waals surface area (Å²) in [5.41, 5.74) is 2.50. The lowest BCUT2D eigenvalue weighted by Crippen LogP contribution is -2.33. The van der Waals surface area contributed by atoms with Gasteiger partial charge in [0.1, 0.15) is 0 Å². The number of aryl methyl sites for hydroxylation is 1. The molecule has 1 heterocycles. The predicted molar refractivity (Wildman–Crippen MR) is 79.9 cm³/mol. The van der Waals surface area contributed by atoms with Crippen molar-refractivity contribution in [3.63, 3.8) is 0 Å². The summed E-state index contributed by atoms with van der Waals surface area (Å²) >= 11 is 0. The molecule has 0 atom stereocenters. The van der Waals surface area contributed by atoms with Crippen molar-refractivity contribution in [1.29, 1.82) is 0 Å². The van der Waals surface area contributed by atoms with Gasteiger partial charge in [-0.25, -0.2) is 0 Å². The molecule has 0 spiro atoms. The van der Waals surface area contributed by atoms with Crippen LogP contribution in [0.15, 0.2) is 48.7 Å². The molecule has 2 aromatic rings. The fraction of sp³-hybridized carbons (Fsp3) is 0.333. The van der Waals surface area contributed by atoms with Gasteiger partial charge in [0.05, 0.1) is 5.41 Å². The molecule has 0 radical (unpaired) electrons. The van der Waals surface area contributed by atoms with E-state index in [1.807, 2.05) is 37.3 Å². The van der Waals surface area contributed by atoms with Crippen molar-refractivity contribution < 1.29 is 4.79 Å². The second-order valence-electron chi connectivity index (χ2n) is 5.67. The molecular weight excluding hydrogens is 246 g/mol. The van der Waals surface area contributed by atoms with Crippen LogP contribution in [0.1, 0.15) is 47.3 Å². The van der Waals surface area contributed by atoms with Crippen molar-refractivity contribution in [3.05, 3.63) is 65.5 Å². The third-order valence-electron chi connectivity index (χ3n) is 4.39. The number of aromatic nitrogens is 1. The number of carbonyl (C=O) groups excluding carboxylic acids is 1. The van der Waals surface area contributed by atoms with Crippen LogP contribution >= 0.6 is 0 Å². The molecule has 20 heavy (non-hydrogen) atoms. The zero-order chi connectivity index (χ0) is 14.0. The molecule has 102 valence electrons. The Labute approximate surface area is 119 Å². The Hall–Kier alpha value is -1.96.